The quantitative estimate of drug-likeness (QED) is 0.586. The average Bonchev–Trinajstić information content (AvgIpc) is 2.82. The minimum Gasteiger partial charge on any atom is -0.329 e. The van der Waals surface area contributed by atoms with Crippen LogP contribution in [-0.4, -0.2) is 42.5 Å². The fraction of sp³-hybridized carbons (Fsp3) is 0.259. The van der Waals surface area contributed by atoms with Crippen molar-refractivity contribution in [1.29, 1.82) is 0 Å². The molecule has 3 aromatic carbocycles. The number of hydrogen-bond donors (Lipinski definition) is 1. The van der Waals surface area contributed by atoms with Gasteiger partial charge in [0.05, 0.1) is 0 Å². The fourth-order valence-electron chi connectivity index (χ4n) is 4.41. The predicted octanol–water partition coefficient (Wildman–Crippen LogP) is 4.43. The molecule has 3 aromatic rings. The summed E-state index contributed by atoms with van der Waals surface area (Å²) in [6, 6.07) is 19.5. The molecule has 32 heavy (non-hydrogen) atoms. The van der Waals surface area contributed by atoms with Crippen LogP contribution in [0.15, 0.2) is 66.7 Å². The molecule has 0 aliphatic carbocycles. The van der Waals surface area contributed by atoms with Crippen molar-refractivity contribution >= 4 is 0 Å². The monoisotopic (exact) mass is 431 g/mol. The van der Waals surface area contributed by atoms with Crippen molar-refractivity contribution in [3.63, 3.8) is 0 Å². The number of rotatable bonds is 6. The Morgan fingerprint density at radius 1 is 0.906 bits per heavy atom. The van der Waals surface area contributed by atoms with Gasteiger partial charge in [0.15, 0.2) is 0 Å². The van der Waals surface area contributed by atoms with Gasteiger partial charge in [-0.3, -0.25) is 9.80 Å². The van der Waals surface area contributed by atoms with E-state index in [2.05, 4.69) is 27.9 Å². The number of nitrogens with two attached hydrogens (primary N) is 1. The zero-order valence-electron chi connectivity index (χ0n) is 18.0. The first-order valence-corrected chi connectivity index (χ1v) is 10.9. The highest BCUT2D eigenvalue weighted by Gasteiger charge is 2.26. The second kappa shape index (κ2) is 10.1. The van der Waals surface area contributed by atoms with Gasteiger partial charge in [-0.25, -0.2) is 8.78 Å². The first-order valence-electron chi connectivity index (χ1n) is 10.9. The molecule has 1 saturated heterocycles. The summed E-state index contributed by atoms with van der Waals surface area (Å²) in [5.41, 5.74) is 10.5. The van der Waals surface area contributed by atoms with Crippen molar-refractivity contribution in [3.8, 4) is 23.5 Å². The summed E-state index contributed by atoms with van der Waals surface area (Å²) in [5, 5.41) is 0. The third-order valence-electron chi connectivity index (χ3n) is 6.14. The van der Waals surface area contributed by atoms with E-state index in [0.717, 1.165) is 55.5 Å². The zero-order chi connectivity index (χ0) is 22.5. The third-order valence-corrected chi connectivity index (χ3v) is 6.14. The Morgan fingerprint density at radius 3 is 2.28 bits per heavy atom. The lowest BCUT2D eigenvalue weighted by Crippen LogP contribution is -2.48. The molecule has 2 N–H and O–H groups in total. The van der Waals surface area contributed by atoms with Crippen LogP contribution in [0.1, 0.15) is 22.7 Å². The Morgan fingerprint density at radius 2 is 1.62 bits per heavy atom. The molecule has 1 fully saturated rings. The van der Waals surface area contributed by atoms with Crippen LogP contribution in [0.3, 0.4) is 0 Å². The molecule has 0 bridgehead atoms. The summed E-state index contributed by atoms with van der Waals surface area (Å²) in [6.45, 7) is 4.87. The van der Waals surface area contributed by atoms with Crippen molar-refractivity contribution in [2.45, 2.75) is 12.6 Å². The summed E-state index contributed by atoms with van der Waals surface area (Å²) < 4.78 is 28.0. The number of halogens is 2. The van der Waals surface area contributed by atoms with E-state index in [9.17, 15) is 8.78 Å². The van der Waals surface area contributed by atoms with Gasteiger partial charge < -0.3 is 5.73 Å². The molecule has 0 radical (unpaired) electrons. The van der Waals surface area contributed by atoms with Crippen LogP contribution >= 0.6 is 0 Å². The van der Waals surface area contributed by atoms with Gasteiger partial charge in [-0.15, -0.1) is 6.42 Å². The highest BCUT2D eigenvalue weighted by Crippen LogP contribution is 2.33. The van der Waals surface area contributed by atoms with Crippen LogP contribution in [0.5, 0.6) is 0 Å². The molecule has 0 saturated carbocycles. The molecule has 164 valence electrons. The fourth-order valence-corrected chi connectivity index (χ4v) is 4.41. The van der Waals surface area contributed by atoms with Crippen molar-refractivity contribution in [2.24, 2.45) is 5.73 Å². The SMILES string of the molecule is C#Cc1ccc(CN2CCN(C(CN)c3ccccc3-c3ccc(F)cc3F)CC2)cc1. The molecule has 0 spiro atoms. The van der Waals surface area contributed by atoms with Crippen LogP contribution in [0.4, 0.5) is 8.78 Å². The summed E-state index contributed by atoms with van der Waals surface area (Å²) in [7, 11) is 0. The second-order valence-electron chi connectivity index (χ2n) is 8.12. The highest BCUT2D eigenvalue weighted by molar-refractivity contribution is 5.68. The molecule has 1 atom stereocenters. The summed E-state index contributed by atoms with van der Waals surface area (Å²) >= 11 is 0. The number of benzene rings is 3. The average molecular weight is 432 g/mol. The highest BCUT2D eigenvalue weighted by atomic mass is 19.1. The van der Waals surface area contributed by atoms with E-state index in [-0.39, 0.29) is 6.04 Å². The van der Waals surface area contributed by atoms with E-state index < -0.39 is 11.6 Å². The first-order chi connectivity index (χ1) is 15.6. The zero-order valence-corrected chi connectivity index (χ0v) is 18.0. The molecule has 0 aromatic heterocycles. The third kappa shape index (κ3) is 4.89. The molecule has 5 heteroatoms. The van der Waals surface area contributed by atoms with Gasteiger partial charge in [-0.1, -0.05) is 42.3 Å². The Bertz CT molecular complexity index is 1100. The lowest BCUT2D eigenvalue weighted by molar-refractivity contribution is 0.0943. The number of hydrogen-bond acceptors (Lipinski definition) is 3. The molecular formula is C27H27F2N3. The van der Waals surface area contributed by atoms with E-state index in [1.165, 1.54) is 17.7 Å². The Hall–Kier alpha value is -3.04. The van der Waals surface area contributed by atoms with Gasteiger partial charge in [0, 0.05) is 62.5 Å². The number of nitrogens with zero attached hydrogens (tertiary/aromatic N) is 2. The Labute approximate surface area is 188 Å². The summed E-state index contributed by atoms with van der Waals surface area (Å²) in [6.07, 6.45) is 5.44. The smallest absolute Gasteiger partial charge is 0.133 e. The van der Waals surface area contributed by atoms with Crippen molar-refractivity contribution in [2.75, 3.05) is 32.7 Å². The summed E-state index contributed by atoms with van der Waals surface area (Å²) in [4.78, 5) is 4.78. The van der Waals surface area contributed by atoms with Crippen LogP contribution in [-0.2, 0) is 6.54 Å². The van der Waals surface area contributed by atoms with Gasteiger partial charge in [0.2, 0.25) is 0 Å². The van der Waals surface area contributed by atoms with E-state index in [1.807, 2.05) is 36.4 Å². The minimum absolute atomic E-state index is 0.0345. The van der Waals surface area contributed by atoms with Gasteiger partial charge >= 0.3 is 0 Å². The molecule has 1 aliphatic rings. The van der Waals surface area contributed by atoms with Crippen molar-refractivity contribution in [3.05, 3.63) is 95.1 Å². The molecule has 3 nitrogen and oxygen atoms in total. The van der Waals surface area contributed by atoms with Gasteiger partial charge in [-0.05, 0) is 41.0 Å². The molecule has 1 aliphatic heterocycles. The topological polar surface area (TPSA) is 32.5 Å². The molecule has 4 rings (SSSR count). The van der Waals surface area contributed by atoms with Gasteiger partial charge in [0.25, 0.3) is 0 Å². The summed E-state index contributed by atoms with van der Waals surface area (Å²) in [5.74, 6) is 1.51. The van der Waals surface area contributed by atoms with Crippen molar-refractivity contribution < 1.29 is 8.78 Å². The van der Waals surface area contributed by atoms with Crippen LogP contribution in [0.25, 0.3) is 11.1 Å². The molecular weight excluding hydrogens is 404 g/mol. The standard InChI is InChI=1S/C27H27F2N3/c1-2-20-7-9-21(10-8-20)19-31-13-15-32(16-14-31)27(18-30)25-6-4-3-5-23(25)24-12-11-22(28)17-26(24)29/h1,3-12,17,27H,13-16,18-19,30H2. The number of terminal acetylenes is 1. The molecule has 1 heterocycles. The maximum absolute atomic E-state index is 14.5. The van der Waals surface area contributed by atoms with E-state index in [1.54, 1.807) is 0 Å². The maximum Gasteiger partial charge on any atom is 0.133 e. The van der Waals surface area contributed by atoms with E-state index in [0.29, 0.717) is 12.1 Å². The largest absolute Gasteiger partial charge is 0.329 e. The number of piperazine rings is 1. The molecule has 1 unspecified atom stereocenters. The molecule has 0 amide bonds. The predicted molar refractivity (Wildman–Crippen MR) is 125 cm³/mol. The lowest BCUT2D eigenvalue weighted by atomic mass is 9.93. The van der Waals surface area contributed by atoms with E-state index >= 15 is 0 Å². The van der Waals surface area contributed by atoms with Crippen LogP contribution in [0.2, 0.25) is 0 Å². The normalized spacial score (nSPS) is 15.9. The van der Waals surface area contributed by atoms with Crippen LogP contribution < -0.4 is 5.73 Å². The van der Waals surface area contributed by atoms with E-state index in [4.69, 9.17) is 12.2 Å². The van der Waals surface area contributed by atoms with Crippen molar-refractivity contribution in [1.82, 2.24) is 9.80 Å². The maximum atomic E-state index is 14.5. The Kier molecular flexibility index (Phi) is 6.96. The second-order valence-corrected chi connectivity index (χ2v) is 8.12. The van der Waals surface area contributed by atoms with Crippen LogP contribution in [0, 0.1) is 24.0 Å². The minimum atomic E-state index is -0.579. The first kappa shape index (κ1) is 22.2. The van der Waals surface area contributed by atoms with Gasteiger partial charge in [-0.2, -0.15) is 0 Å². The van der Waals surface area contributed by atoms with Gasteiger partial charge in [0.1, 0.15) is 11.6 Å². The Balaban J connectivity index is 1.48. The lowest BCUT2D eigenvalue weighted by Gasteiger charge is -2.39.